The Kier molecular flexibility index (Phi) is 3.12. The number of hydrogen-bond acceptors (Lipinski definition) is 3. The molecule has 0 saturated carbocycles. The molecule has 0 spiro atoms. The maximum absolute atomic E-state index is 11.9. The Bertz CT molecular complexity index is 325. The minimum atomic E-state index is -0.761. The number of nitrogens with one attached hydrogen (secondary N) is 2. The standard InChI is InChI=1S/C10H17N3O2/c1-4-6(3)10(5-2)7(11)12-9(15)13-8(10)14/h6H,4-5H2,1-3H3,(H3,11,12,13,14,15)/p+1/t6-,10+/m0/s1. The van der Waals surface area contributed by atoms with Gasteiger partial charge in [-0.2, -0.15) is 0 Å². The van der Waals surface area contributed by atoms with Crippen molar-refractivity contribution >= 4 is 17.8 Å². The van der Waals surface area contributed by atoms with Crippen molar-refractivity contribution < 1.29 is 14.6 Å². The zero-order valence-corrected chi connectivity index (χ0v) is 9.39. The number of amidine groups is 1. The highest BCUT2D eigenvalue weighted by atomic mass is 16.2. The molecule has 1 rings (SSSR count). The predicted molar refractivity (Wildman–Crippen MR) is 55.9 cm³/mol. The van der Waals surface area contributed by atoms with E-state index in [1.54, 1.807) is 0 Å². The Morgan fingerprint density at radius 1 is 1.47 bits per heavy atom. The van der Waals surface area contributed by atoms with Gasteiger partial charge in [0.15, 0.2) is 5.41 Å². The van der Waals surface area contributed by atoms with Crippen LogP contribution < -0.4 is 16.0 Å². The first-order chi connectivity index (χ1) is 6.98. The zero-order chi connectivity index (χ0) is 11.6. The summed E-state index contributed by atoms with van der Waals surface area (Å²) in [5.74, 6) is 0.0804. The number of amides is 3. The van der Waals surface area contributed by atoms with Crippen LogP contribution >= 0.6 is 0 Å². The van der Waals surface area contributed by atoms with Crippen molar-refractivity contribution in [1.29, 1.82) is 0 Å². The topological polar surface area (TPSA) is 86.2 Å². The van der Waals surface area contributed by atoms with E-state index in [0.717, 1.165) is 6.42 Å². The van der Waals surface area contributed by atoms with Crippen LogP contribution in [0.15, 0.2) is 0 Å². The molecule has 0 saturated heterocycles. The van der Waals surface area contributed by atoms with E-state index in [1.807, 2.05) is 20.8 Å². The second kappa shape index (κ2) is 4.00. The molecule has 15 heavy (non-hydrogen) atoms. The van der Waals surface area contributed by atoms with E-state index in [2.05, 4.69) is 10.3 Å². The summed E-state index contributed by atoms with van der Waals surface area (Å²) in [7, 11) is 0. The molecule has 0 unspecified atom stereocenters. The molecule has 2 atom stereocenters. The van der Waals surface area contributed by atoms with Gasteiger partial charge in [-0.1, -0.05) is 27.2 Å². The number of carbonyl (C=O) groups excluding carboxylic acids is 2. The molecule has 1 aliphatic heterocycles. The molecule has 1 heterocycles. The number of rotatable bonds is 3. The lowest BCUT2D eigenvalue weighted by Crippen LogP contribution is -2.90. The van der Waals surface area contributed by atoms with Crippen molar-refractivity contribution in [1.82, 2.24) is 5.32 Å². The molecule has 0 radical (unpaired) electrons. The molecular weight excluding hydrogens is 194 g/mol. The van der Waals surface area contributed by atoms with Crippen molar-refractivity contribution in [2.75, 3.05) is 0 Å². The van der Waals surface area contributed by atoms with E-state index in [-0.39, 0.29) is 17.7 Å². The van der Waals surface area contributed by atoms with Gasteiger partial charge >= 0.3 is 6.03 Å². The van der Waals surface area contributed by atoms with Crippen LogP contribution in [0.4, 0.5) is 4.79 Å². The highest BCUT2D eigenvalue weighted by Gasteiger charge is 2.52. The van der Waals surface area contributed by atoms with Crippen LogP contribution in [0.2, 0.25) is 0 Å². The third kappa shape index (κ3) is 1.62. The molecule has 0 fully saturated rings. The van der Waals surface area contributed by atoms with Gasteiger partial charge < -0.3 is 5.73 Å². The van der Waals surface area contributed by atoms with Gasteiger partial charge in [0.2, 0.25) is 5.84 Å². The fourth-order valence-electron chi connectivity index (χ4n) is 2.14. The number of hydrogen-bond donors (Lipinski definition) is 3. The van der Waals surface area contributed by atoms with Gasteiger partial charge in [-0.05, 0) is 12.3 Å². The van der Waals surface area contributed by atoms with E-state index >= 15 is 0 Å². The summed E-state index contributed by atoms with van der Waals surface area (Å²) in [6, 6.07) is -0.537. The van der Waals surface area contributed by atoms with Crippen molar-refractivity contribution in [2.24, 2.45) is 17.1 Å². The first-order valence-electron chi connectivity index (χ1n) is 5.24. The quantitative estimate of drug-likeness (QED) is 0.567. The summed E-state index contributed by atoms with van der Waals surface area (Å²) >= 11 is 0. The van der Waals surface area contributed by atoms with Crippen LogP contribution in [-0.2, 0) is 4.79 Å². The Morgan fingerprint density at radius 2 is 2.07 bits per heavy atom. The Labute approximate surface area is 89.1 Å². The molecule has 3 amide bonds. The average Bonchev–Trinajstić information content (AvgIpc) is 2.17. The van der Waals surface area contributed by atoms with Crippen molar-refractivity contribution in [3.63, 3.8) is 0 Å². The van der Waals surface area contributed by atoms with Crippen molar-refractivity contribution in [3.8, 4) is 0 Å². The van der Waals surface area contributed by atoms with Crippen LogP contribution in [0, 0.1) is 11.3 Å². The van der Waals surface area contributed by atoms with E-state index < -0.39 is 11.4 Å². The monoisotopic (exact) mass is 212 g/mol. The highest BCUT2D eigenvalue weighted by molar-refractivity contribution is 6.12. The molecule has 0 aromatic rings. The summed E-state index contributed by atoms with van der Waals surface area (Å²) in [5, 5.41) is 2.28. The smallest absolute Gasteiger partial charge is 0.321 e. The van der Waals surface area contributed by atoms with Crippen LogP contribution in [-0.4, -0.2) is 17.8 Å². The summed E-state index contributed by atoms with van der Waals surface area (Å²) in [5.41, 5.74) is 5.04. The van der Waals surface area contributed by atoms with Gasteiger partial charge in [-0.25, -0.2) is 15.1 Å². The highest BCUT2D eigenvalue weighted by Crippen LogP contribution is 2.33. The molecule has 0 aromatic carbocycles. The molecular formula is C10H18N3O2+. The molecule has 84 valence electrons. The Hall–Kier alpha value is -1.39. The third-order valence-corrected chi connectivity index (χ3v) is 3.37. The minimum Gasteiger partial charge on any atom is -0.321 e. The predicted octanol–water partition coefficient (Wildman–Crippen LogP) is -0.883. The van der Waals surface area contributed by atoms with Gasteiger partial charge in [0.05, 0.1) is 0 Å². The number of urea groups is 1. The molecule has 5 nitrogen and oxygen atoms in total. The maximum atomic E-state index is 11.9. The lowest BCUT2D eigenvalue weighted by atomic mass is 9.70. The maximum Gasteiger partial charge on any atom is 0.440 e. The normalized spacial score (nSPS) is 28.3. The largest absolute Gasteiger partial charge is 0.440 e. The summed E-state index contributed by atoms with van der Waals surface area (Å²) in [6.45, 7) is 5.86. The van der Waals surface area contributed by atoms with Crippen LogP contribution in [0.25, 0.3) is 0 Å². The zero-order valence-electron chi connectivity index (χ0n) is 9.39. The average molecular weight is 212 g/mol. The van der Waals surface area contributed by atoms with Gasteiger partial charge in [0.1, 0.15) is 0 Å². The van der Waals surface area contributed by atoms with Gasteiger partial charge in [0, 0.05) is 0 Å². The van der Waals surface area contributed by atoms with Gasteiger partial charge in [-0.15, -0.1) is 0 Å². The number of nitrogens with two attached hydrogens (primary N) is 1. The summed E-state index contributed by atoms with van der Waals surface area (Å²) < 4.78 is 0. The van der Waals surface area contributed by atoms with Crippen LogP contribution in [0.5, 0.6) is 0 Å². The van der Waals surface area contributed by atoms with E-state index in [9.17, 15) is 9.59 Å². The molecule has 4 N–H and O–H groups in total. The molecule has 0 aliphatic carbocycles. The second-order valence-electron chi connectivity index (χ2n) is 3.96. The first-order valence-corrected chi connectivity index (χ1v) is 5.24. The van der Waals surface area contributed by atoms with Crippen molar-refractivity contribution in [3.05, 3.63) is 0 Å². The molecule has 5 heteroatoms. The lowest BCUT2D eigenvalue weighted by molar-refractivity contribution is -0.355. The molecule has 0 aromatic heterocycles. The van der Waals surface area contributed by atoms with E-state index in [4.69, 9.17) is 5.73 Å². The third-order valence-electron chi connectivity index (χ3n) is 3.37. The minimum absolute atomic E-state index is 0.100. The number of carbonyl (C=O) groups is 2. The number of imide groups is 1. The Morgan fingerprint density at radius 3 is 2.47 bits per heavy atom. The molecule has 1 aliphatic rings. The van der Waals surface area contributed by atoms with Crippen LogP contribution in [0.1, 0.15) is 33.6 Å². The first kappa shape index (κ1) is 11.7. The summed E-state index contributed by atoms with van der Waals surface area (Å²) in [6.07, 6.45) is 1.41. The Balaban J connectivity index is 3.22. The SMILES string of the molecule is CC[C@H](C)[C@@]1(CC)C(=O)NC(=O)[NH+]=C1N. The van der Waals surface area contributed by atoms with Crippen LogP contribution in [0.3, 0.4) is 0 Å². The van der Waals surface area contributed by atoms with E-state index in [0.29, 0.717) is 6.42 Å². The summed E-state index contributed by atoms with van der Waals surface area (Å²) in [4.78, 5) is 25.4. The van der Waals surface area contributed by atoms with Gasteiger partial charge in [-0.3, -0.25) is 4.79 Å². The van der Waals surface area contributed by atoms with E-state index in [1.165, 1.54) is 0 Å². The van der Waals surface area contributed by atoms with Crippen molar-refractivity contribution in [2.45, 2.75) is 33.6 Å². The second-order valence-corrected chi connectivity index (χ2v) is 3.96. The van der Waals surface area contributed by atoms with Gasteiger partial charge in [0.25, 0.3) is 5.91 Å². The lowest BCUT2D eigenvalue weighted by Gasteiger charge is -2.33. The molecule has 0 bridgehead atoms. The fourth-order valence-corrected chi connectivity index (χ4v) is 2.14. The fraction of sp³-hybridized carbons (Fsp3) is 0.700.